The average molecular weight is 270 g/mol. The first-order chi connectivity index (χ1) is 9.61. The van der Waals surface area contributed by atoms with E-state index in [0.717, 1.165) is 23.1 Å². The summed E-state index contributed by atoms with van der Waals surface area (Å²) in [6.07, 6.45) is 2.54. The topological polar surface area (TPSA) is 65.9 Å². The van der Waals surface area contributed by atoms with Crippen molar-refractivity contribution in [3.05, 3.63) is 52.4 Å². The monoisotopic (exact) mass is 270 g/mol. The predicted octanol–water partition coefficient (Wildman–Crippen LogP) is 3.22. The van der Waals surface area contributed by atoms with Gasteiger partial charge >= 0.3 is 0 Å². The lowest BCUT2D eigenvalue weighted by Crippen LogP contribution is -2.04. The second-order valence-corrected chi connectivity index (χ2v) is 4.63. The number of benzene rings is 1. The second-order valence-electron chi connectivity index (χ2n) is 4.63. The van der Waals surface area contributed by atoms with E-state index in [-0.39, 0.29) is 5.56 Å². The quantitative estimate of drug-likeness (QED) is 0.819. The van der Waals surface area contributed by atoms with E-state index in [1.165, 1.54) is 0 Å². The molecule has 1 aromatic carbocycles. The molecule has 4 heteroatoms. The first kappa shape index (κ1) is 14.1. The fourth-order valence-electron chi connectivity index (χ4n) is 1.96. The van der Waals surface area contributed by atoms with Gasteiger partial charge in [0.05, 0.1) is 6.61 Å². The fraction of sp³-hybridized carbons (Fsp3) is 0.250. The van der Waals surface area contributed by atoms with Gasteiger partial charge in [-0.15, -0.1) is 0 Å². The molecule has 0 aliphatic rings. The number of aromatic amines is 1. The summed E-state index contributed by atoms with van der Waals surface area (Å²) in [5, 5.41) is 7.87. The van der Waals surface area contributed by atoms with E-state index in [0.29, 0.717) is 18.1 Å². The van der Waals surface area contributed by atoms with Crippen LogP contribution in [0.1, 0.15) is 25.8 Å². The molecule has 0 atom stereocenters. The Morgan fingerprint density at radius 1 is 1.25 bits per heavy atom. The van der Waals surface area contributed by atoms with E-state index in [4.69, 9.17) is 10.1 Å². The second kappa shape index (κ2) is 6.19. The van der Waals surface area contributed by atoms with Gasteiger partial charge in [-0.1, -0.05) is 13.0 Å². The van der Waals surface area contributed by atoms with Crippen LogP contribution in [-0.2, 0) is 0 Å². The van der Waals surface area contributed by atoms with Gasteiger partial charge in [-0.3, -0.25) is 4.79 Å². The van der Waals surface area contributed by atoms with Crippen LogP contribution in [0.15, 0.2) is 41.3 Å². The third-order valence-corrected chi connectivity index (χ3v) is 2.95. The van der Waals surface area contributed by atoms with Crippen LogP contribution in [0.5, 0.6) is 5.75 Å². The SMILES string of the molecule is CCCOc1ccc(-c2cc[nH]c(=O)c2)cc1C(C)=N. The Morgan fingerprint density at radius 3 is 2.65 bits per heavy atom. The van der Waals surface area contributed by atoms with Crippen LogP contribution in [0.25, 0.3) is 11.1 Å². The van der Waals surface area contributed by atoms with E-state index in [9.17, 15) is 4.79 Å². The molecule has 2 rings (SSSR count). The molecule has 1 heterocycles. The molecule has 0 spiro atoms. The Kier molecular flexibility index (Phi) is 4.35. The third kappa shape index (κ3) is 3.15. The first-order valence-electron chi connectivity index (χ1n) is 6.63. The standard InChI is InChI=1S/C16H18N2O2/c1-3-8-20-15-5-4-12(9-14(15)11(2)17)13-6-7-18-16(19)10-13/h4-7,9-10,17H,3,8H2,1-2H3,(H,18,19). The summed E-state index contributed by atoms with van der Waals surface area (Å²) < 4.78 is 5.65. The van der Waals surface area contributed by atoms with Crippen molar-refractivity contribution in [3.8, 4) is 16.9 Å². The first-order valence-corrected chi connectivity index (χ1v) is 6.63. The third-order valence-electron chi connectivity index (χ3n) is 2.95. The van der Waals surface area contributed by atoms with Gasteiger partial charge in [-0.25, -0.2) is 0 Å². The van der Waals surface area contributed by atoms with Crippen molar-refractivity contribution in [2.75, 3.05) is 6.61 Å². The van der Waals surface area contributed by atoms with Crippen LogP contribution < -0.4 is 10.3 Å². The molecular weight excluding hydrogens is 252 g/mol. The van der Waals surface area contributed by atoms with E-state index in [2.05, 4.69) is 4.98 Å². The summed E-state index contributed by atoms with van der Waals surface area (Å²) in [5.41, 5.74) is 2.81. The average Bonchev–Trinajstić information content (AvgIpc) is 2.44. The molecule has 0 unspecified atom stereocenters. The molecular formula is C16H18N2O2. The molecule has 4 nitrogen and oxygen atoms in total. The van der Waals surface area contributed by atoms with Gasteiger partial charge in [0.1, 0.15) is 5.75 Å². The number of ether oxygens (including phenoxy) is 1. The van der Waals surface area contributed by atoms with Gasteiger partial charge in [0.15, 0.2) is 0 Å². The van der Waals surface area contributed by atoms with E-state index >= 15 is 0 Å². The molecule has 2 aromatic rings. The van der Waals surface area contributed by atoms with Gasteiger partial charge in [0.2, 0.25) is 5.56 Å². The smallest absolute Gasteiger partial charge is 0.248 e. The van der Waals surface area contributed by atoms with Crippen LogP contribution >= 0.6 is 0 Å². The van der Waals surface area contributed by atoms with E-state index in [1.54, 1.807) is 19.2 Å². The van der Waals surface area contributed by atoms with Crippen molar-refractivity contribution in [3.63, 3.8) is 0 Å². The molecule has 0 amide bonds. The number of hydrogen-bond donors (Lipinski definition) is 2. The molecule has 0 saturated heterocycles. The van der Waals surface area contributed by atoms with Crippen LogP contribution in [0.2, 0.25) is 0 Å². The maximum absolute atomic E-state index is 11.4. The van der Waals surface area contributed by atoms with Gasteiger partial charge in [-0.2, -0.15) is 0 Å². The summed E-state index contributed by atoms with van der Waals surface area (Å²) in [6.45, 7) is 4.40. The van der Waals surface area contributed by atoms with Gasteiger partial charge in [-0.05, 0) is 42.7 Å². The molecule has 0 fully saturated rings. The Bertz CT molecular complexity index is 674. The summed E-state index contributed by atoms with van der Waals surface area (Å²) in [7, 11) is 0. The van der Waals surface area contributed by atoms with Crippen LogP contribution in [0.3, 0.4) is 0 Å². The number of rotatable bonds is 5. The van der Waals surface area contributed by atoms with Crippen molar-refractivity contribution in [1.29, 1.82) is 5.41 Å². The minimum atomic E-state index is -0.137. The largest absolute Gasteiger partial charge is 0.493 e. The minimum Gasteiger partial charge on any atom is -0.493 e. The molecule has 2 N–H and O–H groups in total. The summed E-state index contributed by atoms with van der Waals surface area (Å²) >= 11 is 0. The van der Waals surface area contributed by atoms with E-state index in [1.807, 2.05) is 31.2 Å². The maximum atomic E-state index is 11.4. The number of pyridine rings is 1. The van der Waals surface area contributed by atoms with Crippen LogP contribution in [-0.4, -0.2) is 17.3 Å². The molecule has 0 radical (unpaired) electrons. The number of nitrogens with one attached hydrogen (secondary N) is 2. The molecule has 0 bridgehead atoms. The highest BCUT2D eigenvalue weighted by Crippen LogP contribution is 2.26. The molecule has 104 valence electrons. The van der Waals surface area contributed by atoms with Crippen molar-refractivity contribution in [1.82, 2.24) is 4.98 Å². The zero-order valence-corrected chi connectivity index (χ0v) is 11.7. The molecule has 20 heavy (non-hydrogen) atoms. The zero-order valence-electron chi connectivity index (χ0n) is 11.7. The lowest BCUT2D eigenvalue weighted by Gasteiger charge is -2.12. The van der Waals surface area contributed by atoms with E-state index < -0.39 is 0 Å². The Morgan fingerprint density at radius 2 is 2.00 bits per heavy atom. The number of H-pyrrole nitrogens is 1. The van der Waals surface area contributed by atoms with Crippen LogP contribution in [0.4, 0.5) is 0 Å². The normalized spacial score (nSPS) is 10.3. The minimum absolute atomic E-state index is 0.137. The van der Waals surface area contributed by atoms with Crippen molar-refractivity contribution in [2.24, 2.45) is 0 Å². The lowest BCUT2D eigenvalue weighted by atomic mass is 10.0. The number of hydrogen-bond acceptors (Lipinski definition) is 3. The van der Waals surface area contributed by atoms with Gasteiger partial charge in [0.25, 0.3) is 0 Å². The summed E-state index contributed by atoms with van der Waals surface area (Å²) in [6, 6.07) is 9.05. The molecule has 0 aliphatic heterocycles. The summed E-state index contributed by atoms with van der Waals surface area (Å²) in [4.78, 5) is 14.0. The van der Waals surface area contributed by atoms with Gasteiger partial charge in [0, 0.05) is 23.5 Å². The van der Waals surface area contributed by atoms with Crippen LogP contribution in [0, 0.1) is 5.41 Å². The Balaban J connectivity index is 2.44. The molecule has 1 aromatic heterocycles. The Labute approximate surface area is 117 Å². The highest BCUT2D eigenvalue weighted by molar-refractivity contribution is 6.00. The number of aromatic nitrogens is 1. The molecule has 0 saturated carbocycles. The zero-order chi connectivity index (χ0) is 14.5. The summed E-state index contributed by atoms with van der Waals surface area (Å²) in [5.74, 6) is 0.716. The fourth-order valence-corrected chi connectivity index (χ4v) is 1.96. The maximum Gasteiger partial charge on any atom is 0.248 e. The van der Waals surface area contributed by atoms with Gasteiger partial charge < -0.3 is 15.1 Å². The van der Waals surface area contributed by atoms with Crippen molar-refractivity contribution >= 4 is 5.71 Å². The van der Waals surface area contributed by atoms with Crippen molar-refractivity contribution < 1.29 is 4.74 Å². The lowest BCUT2D eigenvalue weighted by molar-refractivity contribution is 0.317. The van der Waals surface area contributed by atoms with Crippen molar-refractivity contribution in [2.45, 2.75) is 20.3 Å². The predicted molar refractivity (Wildman–Crippen MR) is 80.8 cm³/mol. The highest BCUT2D eigenvalue weighted by Gasteiger charge is 2.08. The highest BCUT2D eigenvalue weighted by atomic mass is 16.5. The Hall–Kier alpha value is -2.36. The molecule has 0 aliphatic carbocycles.